The number of pyridine rings is 1. The number of piperidine rings is 1. The Morgan fingerprint density at radius 2 is 1.72 bits per heavy atom. The van der Waals surface area contributed by atoms with E-state index in [-0.39, 0.29) is 23.4 Å². The van der Waals surface area contributed by atoms with Crippen LogP contribution in [0.2, 0.25) is 0 Å². The number of ether oxygens (including phenoxy) is 1. The minimum absolute atomic E-state index is 0.0320. The lowest BCUT2D eigenvalue weighted by molar-refractivity contribution is 0.140. The highest BCUT2D eigenvalue weighted by Crippen LogP contribution is 2.40. The van der Waals surface area contributed by atoms with Gasteiger partial charge in [-0.25, -0.2) is 4.79 Å². The van der Waals surface area contributed by atoms with E-state index in [1.807, 2.05) is 71.0 Å². The largest absolute Gasteiger partial charge is 0.497 e. The van der Waals surface area contributed by atoms with Crippen LogP contribution in [0.3, 0.4) is 0 Å². The highest BCUT2D eigenvalue weighted by atomic mass is 16.5. The molecule has 2 bridgehead atoms. The predicted octanol–water partition coefficient (Wildman–Crippen LogP) is 4.48. The number of aryl methyl sites for hydroxylation is 1. The zero-order valence-electron chi connectivity index (χ0n) is 18.4. The lowest BCUT2D eigenvalue weighted by atomic mass is 9.80. The highest BCUT2D eigenvalue weighted by Gasteiger charge is 2.37. The van der Waals surface area contributed by atoms with Crippen molar-refractivity contribution >= 4 is 11.7 Å². The van der Waals surface area contributed by atoms with Gasteiger partial charge >= 0.3 is 6.03 Å². The van der Waals surface area contributed by atoms with Gasteiger partial charge in [-0.1, -0.05) is 29.8 Å². The Kier molecular flexibility index (Phi) is 5.21. The number of carbonyl (C=O) groups is 1. The van der Waals surface area contributed by atoms with Gasteiger partial charge in [0.1, 0.15) is 5.75 Å². The molecule has 0 spiro atoms. The summed E-state index contributed by atoms with van der Waals surface area (Å²) in [5.74, 6) is 1.19. The van der Waals surface area contributed by atoms with Crippen LogP contribution in [-0.2, 0) is 6.54 Å². The van der Waals surface area contributed by atoms with Crippen LogP contribution in [0.5, 0.6) is 5.75 Å². The smallest absolute Gasteiger partial charge is 0.321 e. The Labute approximate surface area is 187 Å². The van der Waals surface area contributed by atoms with Gasteiger partial charge in [0.2, 0.25) is 0 Å². The number of fused-ring (bicyclic) bond motifs is 4. The third-order valence-electron chi connectivity index (χ3n) is 6.58. The van der Waals surface area contributed by atoms with Crippen molar-refractivity contribution in [3.05, 3.63) is 82.3 Å². The van der Waals surface area contributed by atoms with Crippen LogP contribution in [0.15, 0.2) is 65.5 Å². The molecule has 5 rings (SSSR count). The molecular formula is C26H27N3O3. The van der Waals surface area contributed by atoms with E-state index in [2.05, 4.69) is 5.32 Å². The predicted molar refractivity (Wildman–Crippen MR) is 125 cm³/mol. The molecule has 2 aliphatic heterocycles. The molecule has 2 aromatic carbocycles. The summed E-state index contributed by atoms with van der Waals surface area (Å²) in [5.41, 5.74) is 5.12. The van der Waals surface area contributed by atoms with Crippen LogP contribution >= 0.6 is 0 Å². The summed E-state index contributed by atoms with van der Waals surface area (Å²) in [6.07, 6.45) is 0.987. The van der Waals surface area contributed by atoms with Crippen LogP contribution in [0.25, 0.3) is 11.1 Å². The summed E-state index contributed by atoms with van der Waals surface area (Å²) < 4.78 is 7.22. The van der Waals surface area contributed by atoms with Gasteiger partial charge in [-0.15, -0.1) is 0 Å². The van der Waals surface area contributed by atoms with Crippen molar-refractivity contribution in [3.63, 3.8) is 0 Å². The van der Waals surface area contributed by atoms with Crippen LogP contribution in [0.1, 0.15) is 23.6 Å². The van der Waals surface area contributed by atoms with Crippen LogP contribution in [0, 0.1) is 12.8 Å². The zero-order chi connectivity index (χ0) is 22.2. The molecule has 32 heavy (non-hydrogen) atoms. The van der Waals surface area contributed by atoms with Crippen molar-refractivity contribution in [2.75, 3.05) is 25.5 Å². The Balaban J connectivity index is 1.45. The van der Waals surface area contributed by atoms with Crippen molar-refractivity contribution in [1.82, 2.24) is 9.47 Å². The Hall–Kier alpha value is -3.54. The van der Waals surface area contributed by atoms with E-state index >= 15 is 0 Å². The Morgan fingerprint density at radius 3 is 2.44 bits per heavy atom. The van der Waals surface area contributed by atoms with E-state index in [9.17, 15) is 9.59 Å². The van der Waals surface area contributed by atoms with Crippen molar-refractivity contribution in [2.24, 2.45) is 5.92 Å². The van der Waals surface area contributed by atoms with E-state index < -0.39 is 0 Å². The number of methoxy groups -OCH3 is 1. The SMILES string of the molecule is COc1ccc(-c2ccc(=O)n3c2C2CC(CN(C(=O)Nc4ccc(C)cc4)C2)C3)cc1. The second-order valence-electron chi connectivity index (χ2n) is 8.81. The fourth-order valence-corrected chi connectivity index (χ4v) is 5.03. The Morgan fingerprint density at radius 1 is 0.969 bits per heavy atom. The van der Waals surface area contributed by atoms with E-state index in [0.29, 0.717) is 19.6 Å². The molecule has 164 valence electrons. The quantitative estimate of drug-likeness (QED) is 0.668. The summed E-state index contributed by atoms with van der Waals surface area (Å²) in [5, 5.41) is 3.03. The molecule has 3 heterocycles. The van der Waals surface area contributed by atoms with Gasteiger partial charge in [0.25, 0.3) is 5.56 Å². The molecule has 6 nitrogen and oxygen atoms in total. The van der Waals surface area contributed by atoms with Gasteiger partial charge in [-0.05, 0) is 55.2 Å². The van der Waals surface area contributed by atoms with Crippen LogP contribution in [0.4, 0.5) is 10.5 Å². The van der Waals surface area contributed by atoms with Crippen molar-refractivity contribution in [1.29, 1.82) is 0 Å². The maximum Gasteiger partial charge on any atom is 0.321 e. The summed E-state index contributed by atoms with van der Waals surface area (Å²) in [4.78, 5) is 27.6. The number of carbonyl (C=O) groups excluding carboxylic acids is 1. The molecule has 2 aliphatic rings. The zero-order valence-corrected chi connectivity index (χ0v) is 18.4. The first-order valence-electron chi connectivity index (χ1n) is 11.0. The second kappa shape index (κ2) is 8.19. The van der Waals surface area contributed by atoms with Crippen molar-refractivity contribution in [3.8, 4) is 16.9 Å². The van der Waals surface area contributed by atoms with Gasteiger partial charge in [0, 0.05) is 48.6 Å². The maximum absolute atomic E-state index is 13.0. The maximum atomic E-state index is 13.0. The normalized spacial score (nSPS) is 19.2. The van der Waals surface area contributed by atoms with Crippen LogP contribution < -0.4 is 15.6 Å². The number of hydrogen-bond donors (Lipinski definition) is 1. The van der Waals surface area contributed by atoms with Crippen molar-refractivity contribution in [2.45, 2.75) is 25.8 Å². The minimum atomic E-state index is -0.0821. The number of aromatic nitrogens is 1. The number of nitrogens with one attached hydrogen (secondary N) is 1. The molecule has 1 fully saturated rings. The molecular weight excluding hydrogens is 402 g/mol. The number of likely N-dealkylation sites (tertiary alicyclic amines) is 1. The topological polar surface area (TPSA) is 63.6 Å². The summed E-state index contributed by atoms with van der Waals surface area (Å²) in [7, 11) is 1.65. The molecule has 0 saturated carbocycles. The molecule has 3 aromatic rings. The standard InChI is InChI=1S/C26H27N3O3/c1-17-3-7-21(8-4-17)27-26(31)28-14-18-13-20(16-28)25-23(11-12-24(30)29(25)15-18)19-5-9-22(32-2)10-6-19/h3-12,18,20H,13-16H2,1-2H3,(H,27,31). The third-order valence-corrected chi connectivity index (χ3v) is 6.58. The number of hydrogen-bond acceptors (Lipinski definition) is 3. The van der Waals surface area contributed by atoms with Crippen LogP contribution in [-0.4, -0.2) is 35.7 Å². The first kappa shape index (κ1) is 20.4. The fourth-order valence-electron chi connectivity index (χ4n) is 5.03. The van der Waals surface area contributed by atoms with E-state index in [1.165, 1.54) is 0 Å². The molecule has 0 radical (unpaired) electrons. The summed E-state index contributed by atoms with van der Waals surface area (Å²) in [6, 6.07) is 19.2. The molecule has 1 N–H and O–H groups in total. The van der Waals surface area contributed by atoms with Gasteiger partial charge in [-0.3, -0.25) is 4.79 Å². The fraction of sp³-hybridized carbons (Fsp3) is 0.308. The number of rotatable bonds is 3. The molecule has 2 unspecified atom stereocenters. The average molecular weight is 430 g/mol. The average Bonchev–Trinajstić information content (AvgIpc) is 2.81. The number of amides is 2. The van der Waals surface area contributed by atoms with Gasteiger partial charge in [-0.2, -0.15) is 0 Å². The first-order valence-corrected chi connectivity index (χ1v) is 11.0. The van der Waals surface area contributed by atoms with Crippen molar-refractivity contribution < 1.29 is 9.53 Å². The number of benzene rings is 2. The molecule has 6 heteroatoms. The van der Waals surface area contributed by atoms with Gasteiger partial charge in [0.05, 0.1) is 7.11 Å². The molecule has 1 saturated heterocycles. The van der Waals surface area contributed by atoms with E-state index in [0.717, 1.165) is 40.2 Å². The number of nitrogens with zero attached hydrogens (tertiary/aromatic N) is 2. The lowest BCUT2D eigenvalue weighted by Crippen LogP contribution is -2.50. The summed E-state index contributed by atoms with van der Waals surface area (Å²) in [6.45, 7) is 3.92. The molecule has 0 aliphatic carbocycles. The monoisotopic (exact) mass is 429 g/mol. The molecule has 1 aromatic heterocycles. The van der Waals surface area contributed by atoms with E-state index in [1.54, 1.807) is 13.2 Å². The number of urea groups is 1. The lowest BCUT2D eigenvalue weighted by Gasteiger charge is -2.43. The summed E-state index contributed by atoms with van der Waals surface area (Å²) >= 11 is 0. The highest BCUT2D eigenvalue weighted by molar-refractivity contribution is 5.89. The Bertz CT molecular complexity index is 1200. The molecule has 2 atom stereocenters. The van der Waals surface area contributed by atoms with Gasteiger partial charge in [0.15, 0.2) is 0 Å². The number of anilines is 1. The first-order chi connectivity index (χ1) is 15.5. The van der Waals surface area contributed by atoms with Gasteiger partial charge < -0.3 is 19.5 Å². The minimum Gasteiger partial charge on any atom is -0.497 e. The third kappa shape index (κ3) is 3.77. The second-order valence-corrected chi connectivity index (χ2v) is 8.81. The van der Waals surface area contributed by atoms with E-state index in [4.69, 9.17) is 4.74 Å². The molecule has 2 amide bonds.